The van der Waals surface area contributed by atoms with Gasteiger partial charge < -0.3 is 20.3 Å². The molecule has 0 radical (unpaired) electrons. The van der Waals surface area contributed by atoms with Gasteiger partial charge in [-0.1, -0.05) is 26.8 Å². The van der Waals surface area contributed by atoms with E-state index in [0.717, 1.165) is 17.1 Å². The molecule has 0 saturated carbocycles. The first-order valence-electron chi connectivity index (χ1n) is 11.9. The van der Waals surface area contributed by atoms with Gasteiger partial charge in [-0.2, -0.15) is 5.10 Å². The lowest BCUT2D eigenvalue weighted by molar-refractivity contribution is 0.122. The average Bonchev–Trinajstić information content (AvgIpc) is 3.26. The summed E-state index contributed by atoms with van der Waals surface area (Å²) in [5, 5.41) is 11.1. The van der Waals surface area contributed by atoms with E-state index in [-0.39, 0.29) is 11.2 Å². The van der Waals surface area contributed by atoms with Gasteiger partial charge in [0.25, 0.3) is 0 Å². The Kier molecular flexibility index (Phi) is 6.40. The number of halogens is 1. The van der Waals surface area contributed by atoms with Crippen LogP contribution in [0.1, 0.15) is 32.0 Å². The van der Waals surface area contributed by atoms with E-state index in [1.54, 1.807) is 18.3 Å². The minimum atomic E-state index is -0.386. The van der Waals surface area contributed by atoms with Crippen LogP contribution in [-0.4, -0.2) is 56.0 Å². The smallest absolute Gasteiger partial charge is 0.226 e. The molecule has 1 fully saturated rings. The fourth-order valence-corrected chi connectivity index (χ4v) is 3.95. The topological polar surface area (TPSA) is 106 Å². The second kappa shape index (κ2) is 9.65. The normalized spacial score (nSPS) is 14.3. The molecule has 5 rings (SSSR count). The second-order valence-corrected chi connectivity index (χ2v) is 9.81. The largest absolute Gasteiger partial charge is 0.378 e. The zero-order valence-electron chi connectivity index (χ0n) is 20.9. The van der Waals surface area contributed by atoms with Crippen molar-refractivity contribution in [1.82, 2.24) is 29.7 Å². The monoisotopic (exact) mass is 491 g/mol. The molecule has 4 heterocycles. The molecular formula is C25H30FN9O. The maximum atomic E-state index is 14.8. The van der Waals surface area contributed by atoms with Crippen molar-refractivity contribution >= 4 is 34.3 Å². The standard InChI is InChI=1S/C25H30FN9O/c1-25(2,3)20-12-21(34(4)33-20)27-13-16-5-6-17(26)18(11-16)31-23-22-19(29-15-30-23)14-28-24(32-22)35-7-9-36-10-8-35/h5-6,11-12,14-15,27H,7-10,13H2,1-4H3,(H,29,30,31). The first-order valence-corrected chi connectivity index (χ1v) is 11.9. The number of fused-ring (bicyclic) bond motifs is 1. The van der Waals surface area contributed by atoms with E-state index in [1.165, 1.54) is 12.4 Å². The fraction of sp³-hybridized carbons (Fsp3) is 0.400. The van der Waals surface area contributed by atoms with E-state index in [2.05, 4.69) is 61.3 Å². The summed E-state index contributed by atoms with van der Waals surface area (Å²) in [6.45, 7) is 9.56. The molecule has 1 saturated heterocycles. The Morgan fingerprint density at radius 3 is 2.64 bits per heavy atom. The maximum Gasteiger partial charge on any atom is 0.226 e. The highest BCUT2D eigenvalue weighted by molar-refractivity contribution is 5.87. The highest BCUT2D eigenvalue weighted by Gasteiger charge is 2.19. The van der Waals surface area contributed by atoms with Gasteiger partial charge in [-0.3, -0.25) is 4.68 Å². The Morgan fingerprint density at radius 2 is 1.89 bits per heavy atom. The highest BCUT2D eigenvalue weighted by atomic mass is 19.1. The van der Waals surface area contributed by atoms with Crippen LogP contribution in [0.15, 0.2) is 36.8 Å². The van der Waals surface area contributed by atoms with Gasteiger partial charge in [-0.05, 0) is 17.7 Å². The van der Waals surface area contributed by atoms with E-state index in [9.17, 15) is 4.39 Å². The summed E-state index contributed by atoms with van der Waals surface area (Å²) in [5.74, 6) is 1.51. The summed E-state index contributed by atoms with van der Waals surface area (Å²) >= 11 is 0. The second-order valence-electron chi connectivity index (χ2n) is 9.81. The third-order valence-corrected chi connectivity index (χ3v) is 6.06. The fourth-order valence-electron chi connectivity index (χ4n) is 3.95. The molecule has 10 nitrogen and oxygen atoms in total. The van der Waals surface area contributed by atoms with Crippen LogP contribution >= 0.6 is 0 Å². The SMILES string of the molecule is Cn1nc(C(C)(C)C)cc1NCc1ccc(F)c(Nc2ncnc3cnc(N4CCOCC4)nc23)c1. The molecule has 1 aliphatic rings. The third-order valence-electron chi connectivity index (χ3n) is 6.06. The van der Waals surface area contributed by atoms with Crippen LogP contribution in [0.4, 0.5) is 27.7 Å². The van der Waals surface area contributed by atoms with Crippen molar-refractivity contribution in [1.29, 1.82) is 0 Å². The van der Waals surface area contributed by atoms with Crippen molar-refractivity contribution in [2.75, 3.05) is 41.8 Å². The number of aryl methyl sites for hydroxylation is 1. The lowest BCUT2D eigenvalue weighted by atomic mass is 9.92. The van der Waals surface area contributed by atoms with Crippen LogP contribution < -0.4 is 15.5 Å². The van der Waals surface area contributed by atoms with E-state index in [4.69, 9.17) is 4.74 Å². The van der Waals surface area contributed by atoms with Gasteiger partial charge in [0.15, 0.2) is 5.82 Å². The van der Waals surface area contributed by atoms with Crippen LogP contribution in [0.3, 0.4) is 0 Å². The maximum absolute atomic E-state index is 14.8. The number of anilines is 4. The van der Waals surface area contributed by atoms with Gasteiger partial charge in [0.2, 0.25) is 5.95 Å². The number of rotatable bonds is 6. The summed E-state index contributed by atoms with van der Waals surface area (Å²) in [6, 6.07) is 7.01. The lowest BCUT2D eigenvalue weighted by Gasteiger charge is -2.26. The van der Waals surface area contributed by atoms with Gasteiger partial charge >= 0.3 is 0 Å². The number of nitrogens with one attached hydrogen (secondary N) is 2. The Bertz CT molecular complexity index is 1380. The van der Waals surface area contributed by atoms with Crippen LogP contribution in [0.5, 0.6) is 0 Å². The van der Waals surface area contributed by atoms with Crippen LogP contribution in [0.25, 0.3) is 11.0 Å². The Balaban J connectivity index is 1.37. The molecule has 2 N–H and O–H groups in total. The summed E-state index contributed by atoms with van der Waals surface area (Å²) in [7, 11) is 1.91. The van der Waals surface area contributed by atoms with Gasteiger partial charge in [0, 0.05) is 38.2 Å². The van der Waals surface area contributed by atoms with Crippen molar-refractivity contribution in [3.05, 3.63) is 53.9 Å². The lowest BCUT2D eigenvalue weighted by Crippen LogP contribution is -2.37. The number of aromatic nitrogens is 6. The summed E-state index contributed by atoms with van der Waals surface area (Å²) < 4.78 is 22.0. The highest BCUT2D eigenvalue weighted by Crippen LogP contribution is 2.27. The molecule has 188 valence electrons. The van der Waals surface area contributed by atoms with Crippen LogP contribution in [0.2, 0.25) is 0 Å². The number of morpholine rings is 1. The summed E-state index contributed by atoms with van der Waals surface area (Å²) in [6.07, 6.45) is 3.08. The number of nitrogens with zero attached hydrogens (tertiary/aromatic N) is 7. The van der Waals surface area contributed by atoms with E-state index >= 15 is 0 Å². The molecule has 1 aromatic carbocycles. The molecule has 0 bridgehead atoms. The molecule has 1 aliphatic heterocycles. The van der Waals surface area contributed by atoms with E-state index < -0.39 is 0 Å². The minimum Gasteiger partial charge on any atom is -0.378 e. The first kappa shape index (κ1) is 23.9. The zero-order chi connectivity index (χ0) is 25.3. The molecule has 11 heteroatoms. The van der Waals surface area contributed by atoms with Crippen LogP contribution in [0, 0.1) is 5.82 Å². The minimum absolute atomic E-state index is 0.0455. The van der Waals surface area contributed by atoms with E-state index in [0.29, 0.717) is 61.3 Å². The molecule has 0 aliphatic carbocycles. The van der Waals surface area contributed by atoms with Gasteiger partial charge in [0.1, 0.15) is 29.0 Å². The van der Waals surface area contributed by atoms with Crippen molar-refractivity contribution in [2.45, 2.75) is 32.7 Å². The van der Waals surface area contributed by atoms with Crippen LogP contribution in [-0.2, 0) is 23.7 Å². The van der Waals surface area contributed by atoms with Gasteiger partial charge in [-0.25, -0.2) is 24.3 Å². The third kappa shape index (κ3) is 5.06. The van der Waals surface area contributed by atoms with Crippen molar-refractivity contribution in [3.63, 3.8) is 0 Å². The molecular weight excluding hydrogens is 461 g/mol. The number of benzene rings is 1. The van der Waals surface area contributed by atoms with Crippen molar-refractivity contribution in [3.8, 4) is 0 Å². The summed E-state index contributed by atoms with van der Waals surface area (Å²) in [4.78, 5) is 19.8. The van der Waals surface area contributed by atoms with Gasteiger partial charge in [-0.15, -0.1) is 0 Å². The Hall–Kier alpha value is -3.86. The van der Waals surface area contributed by atoms with Gasteiger partial charge in [0.05, 0.1) is 30.8 Å². The number of hydrogen-bond acceptors (Lipinski definition) is 9. The molecule has 4 aromatic rings. The quantitative estimate of drug-likeness (QED) is 0.417. The van der Waals surface area contributed by atoms with E-state index in [1.807, 2.05) is 17.8 Å². The molecule has 0 unspecified atom stereocenters. The van der Waals surface area contributed by atoms with Crippen molar-refractivity contribution in [2.24, 2.45) is 7.05 Å². The molecule has 0 amide bonds. The number of ether oxygens (including phenoxy) is 1. The predicted octanol–water partition coefficient (Wildman–Crippen LogP) is 3.78. The first-order chi connectivity index (χ1) is 17.3. The molecule has 0 atom stereocenters. The molecule has 0 spiro atoms. The number of hydrogen-bond donors (Lipinski definition) is 2. The Morgan fingerprint density at radius 1 is 1.08 bits per heavy atom. The average molecular weight is 492 g/mol. The zero-order valence-corrected chi connectivity index (χ0v) is 20.9. The Labute approximate surface area is 208 Å². The van der Waals surface area contributed by atoms with Crippen molar-refractivity contribution < 1.29 is 9.13 Å². The molecule has 3 aromatic heterocycles. The summed E-state index contributed by atoms with van der Waals surface area (Å²) in [5.41, 5.74) is 3.27. The predicted molar refractivity (Wildman–Crippen MR) is 137 cm³/mol. The molecule has 36 heavy (non-hydrogen) atoms.